The quantitative estimate of drug-likeness (QED) is 0.779. The second-order valence-corrected chi connectivity index (χ2v) is 8.11. The van der Waals surface area contributed by atoms with Gasteiger partial charge in [0.05, 0.1) is 17.1 Å². The van der Waals surface area contributed by atoms with Gasteiger partial charge < -0.3 is 10.4 Å². The van der Waals surface area contributed by atoms with E-state index in [-0.39, 0.29) is 12.6 Å². The van der Waals surface area contributed by atoms with Gasteiger partial charge in [0.15, 0.2) is 0 Å². The molecule has 1 aromatic heterocycles. The lowest BCUT2D eigenvalue weighted by Gasteiger charge is -2.18. The molecule has 0 bridgehead atoms. The Morgan fingerprint density at radius 3 is 2.91 bits per heavy atom. The van der Waals surface area contributed by atoms with Gasteiger partial charge >= 0.3 is 0 Å². The van der Waals surface area contributed by atoms with Gasteiger partial charge in [-0.3, -0.25) is 19.3 Å². The molecule has 2 atom stereocenters. The SMILES string of the molecule is O=C(CN1C(=O)S/C(=C\c2cccs2)C1=O)N[C@@H]1CSC[C@H]1O. The number of hydrogen-bond donors (Lipinski definition) is 2. The molecular formula is C14H14N2O4S3. The van der Waals surface area contributed by atoms with Crippen molar-refractivity contribution in [1.82, 2.24) is 10.2 Å². The maximum Gasteiger partial charge on any atom is 0.294 e. The smallest absolute Gasteiger partial charge is 0.294 e. The van der Waals surface area contributed by atoms with Crippen molar-refractivity contribution >= 4 is 58.0 Å². The highest BCUT2D eigenvalue weighted by atomic mass is 32.2. The maximum atomic E-state index is 12.3. The molecule has 2 saturated heterocycles. The van der Waals surface area contributed by atoms with Crippen molar-refractivity contribution in [2.45, 2.75) is 12.1 Å². The number of thioether (sulfide) groups is 2. The van der Waals surface area contributed by atoms with Gasteiger partial charge in [-0.25, -0.2) is 0 Å². The molecule has 6 nitrogen and oxygen atoms in total. The Bertz CT molecular complexity index is 659. The standard InChI is InChI=1S/C14H14N2O4S3/c17-10-7-21-6-9(10)15-12(18)5-16-13(19)11(23-14(16)20)4-8-2-1-3-22-8/h1-4,9-10,17H,5-7H2,(H,15,18)/b11-4-/t9-,10-/m1/s1. The largest absolute Gasteiger partial charge is 0.390 e. The average molecular weight is 370 g/mol. The topological polar surface area (TPSA) is 86.7 Å². The number of hydrogen-bond acceptors (Lipinski definition) is 7. The summed E-state index contributed by atoms with van der Waals surface area (Å²) in [5.74, 6) is 0.324. The zero-order valence-corrected chi connectivity index (χ0v) is 14.4. The fourth-order valence-corrected chi connectivity index (χ4v) is 4.95. The number of thiophene rings is 1. The summed E-state index contributed by atoms with van der Waals surface area (Å²) in [5, 5.41) is 13.8. The summed E-state index contributed by atoms with van der Waals surface area (Å²) in [4.78, 5) is 38.4. The molecule has 122 valence electrons. The Morgan fingerprint density at radius 1 is 1.43 bits per heavy atom. The van der Waals surface area contributed by atoms with E-state index in [9.17, 15) is 19.5 Å². The Morgan fingerprint density at radius 2 is 2.26 bits per heavy atom. The van der Waals surface area contributed by atoms with Crippen LogP contribution in [-0.2, 0) is 9.59 Å². The van der Waals surface area contributed by atoms with Crippen molar-refractivity contribution in [3.8, 4) is 0 Å². The third-order valence-electron chi connectivity index (χ3n) is 3.39. The summed E-state index contributed by atoms with van der Waals surface area (Å²) >= 11 is 3.86. The Hall–Kier alpha value is -1.29. The normalized spacial score (nSPS) is 26.3. The molecule has 0 unspecified atom stereocenters. The molecule has 3 rings (SSSR count). The van der Waals surface area contributed by atoms with Gasteiger partial charge in [0.2, 0.25) is 5.91 Å². The third-order valence-corrected chi connectivity index (χ3v) is 6.29. The van der Waals surface area contributed by atoms with Crippen molar-refractivity contribution in [1.29, 1.82) is 0 Å². The first kappa shape index (κ1) is 16.6. The molecule has 2 aliphatic heterocycles. The van der Waals surface area contributed by atoms with Crippen LogP contribution < -0.4 is 5.32 Å². The van der Waals surface area contributed by atoms with Gasteiger partial charge in [-0.2, -0.15) is 11.8 Å². The molecule has 9 heteroatoms. The van der Waals surface area contributed by atoms with Crippen molar-refractivity contribution in [3.63, 3.8) is 0 Å². The number of nitrogens with one attached hydrogen (secondary N) is 1. The van der Waals surface area contributed by atoms with Gasteiger partial charge in [0.25, 0.3) is 11.1 Å². The van der Waals surface area contributed by atoms with Crippen LogP contribution in [0.1, 0.15) is 4.88 Å². The molecule has 0 radical (unpaired) electrons. The summed E-state index contributed by atoms with van der Waals surface area (Å²) in [6.45, 7) is -0.319. The lowest BCUT2D eigenvalue weighted by atomic mass is 10.2. The molecule has 0 aromatic carbocycles. The van der Waals surface area contributed by atoms with Crippen molar-refractivity contribution in [2.24, 2.45) is 0 Å². The second-order valence-electron chi connectivity index (χ2n) is 5.06. The number of aliphatic hydroxyl groups excluding tert-OH is 1. The Kier molecular flexibility index (Phi) is 5.10. The maximum absolute atomic E-state index is 12.3. The molecular weight excluding hydrogens is 356 g/mol. The molecule has 0 saturated carbocycles. The van der Waals surface area contributed by atoms with Crippen LogP contribution in [0, 0.1) is 0 Å². The summed E-state index contributed by atoms with van der Waals surface area (Å²) in [5.41, 5.74) is 0. The first-order valence-corrected chi connectivity index (χ1v) is 9.74. The van der Waals surface area contributed by atoms with E-state index >= 15 is 0 Å². The van der Waals surface area contributed by atoms with E-state index in [4.69, 9.17) is 0 Å². The third kappa shape index (κ3) is 3.79. The highest BCUT2D eigenvalue weighted by molar-refractivity contribution is 8.18. The second kappa shape index (κ2) is 7.08. The van der Waals surface area contributed by atoms with E-state index in [1.807, 2.05) is 17.5 Å². The minimum Gasteiger partial charge on any atom is -0.390 e. The molecule has 23 heavy (non-hydrogen) atoms. The first-order valence-electron chi connectivity index (χ1n) is 6.88. The number of amides is 3. The van der Waals surface area contributed by atoms with E-state index in [0.29, 0.717) is 16.4 Å². The van der Waals surface area contributed by atoms with Crippen LogP contribution in [-0.4, -0.2) is 57.3 Å². The van der Waals surface area contributed by atoms with E-state index in [1.165, 1.54) is 11.3 Å². The lowest BCUT2D eigenvalue weighted by Crippen LogP contribution is -2.47. The van der Waals surface area contributed by atoms with Crippen LogP contribution in [0.4, 0.5) is 4.79 Å². The predicted molar refractivity (Wildman–Crippen MR) is 92.3 cm³/mol. The van der Waals surface area contributed by atoms with Crippen LogP contribution in [0.3, 0.4) is 0 Å². The zero-order chi connectivity index (χ0) is 16.4. The Balaban J connectivity index is 1.62. The number of aliphatic hydroxyl groups is 1. The average Bonchev–Trinajstić information content (AvgIpc) is 3.20. The van der Waals surface area contributed by atoms with E-state index < -0.39 is 23.2 Å². The van der Waals surface area contributed by atoms with Gasteiger partial charge in [-0.1, -0.05) is 6.07 Å². The molecule has 3 heterocycles. The number of carbonyl (C=O) groups is 3. The molecule has 3 amide bonds. The zero-order valence-electron chi connectivity index (χ0n) is 11.9. The number of nitrogens with zero attached hydrogens (tertiary/aromatic N) is 1. The van der Waals surface area contributed by atoms with Gasteiger partial charge in [0, 0.05) is 16.4 Å². The van der Waals surface area contributed by atoms with Crippen LogP contribution in [0.2, 0.25) is 0 Å². The highest BCUT2D eigenvalue weighted by Crippen LogP contribution is 2.32. The van der Waals surface area contributed by atoms with Crippen molar-refractivity contribution < 1.29 is 19.5 Å². The summed E-state index contributed by atoms with van der Waals surface area (Å²) in [6, 6.07) is 3.39. The van der Waals surface area contributed by atoms with E-state index in [1.54, 1.807) is 17.8 Å². The van der Waals surface area contributed by atoms with Crippen LogP contribution in [0.15, 0.2) is 22.4 Å². The summed E-state index contributed by atoms with van der Waals surface area (Å²) < 4.78 is 0. The molecule has 2 N–H and O–H groups in total. The van der Waals surface area contributed by atoms with E-state index in [2.05, 4.69) is 5.32 Å². The molecule has 0 spiro atoms. The fraction of sp³-hybridized carbons (Fsp3) is 0.357. The molecule has 2 aliphatic rings. The van der Waals surface area contributed by atoms with E-state index in [0.717, 1.165) is 21.5 Å². The molecule has 0 aliphatic carbocycles. The number of imide groups is 1. The van der Waals surface area contributed by atoms with Crippen LogP contribution >= 0.6 is 34.9 Å². The Labute approximate surface area is 145 Å². The monoisotopic (exact) mass is 370 g/mol. The van der Waals surface area contributed by atoms with Crippen LogP contribution in [0.5, 0.6) is 0 Å². The molecule has 1 aromatic rings. The summed E-state index contributed by atoms with van der Waals surface area (Å²) in [7, 11) is 0. The minimum atomic E-state index is -0.586. The van der Waals surface area contributed by atoms with Crippen LogP contribution in [0.25, 0.3) is 6.08 Å². The lowest BCUT2D eigenvalue weighted by molar-refractivity contribution is -0.129. The minimum absolute atomic E-state index is 0.319. The first-order chi connectivity index (χ1) is 11.0. The van der Waals surface area contributed by atoms with Gasteiger partial charge in [-0.15, -0.1) is 11.3 Å². The highest BCUT2D eigenvalue weighted by Gasteiger charge is 2.37. The van der Waals surface area contributed by atoms with Crippen molar-refractivity contribution in [3.05, 3.63) is 27.3 Å². The van der Waals surface area contributed by atoms with Gasteiger partial charge in [0.1, 0.15) is 6.54 Å². The van der Waals surface area contributed by atoms with Gasteiger partial charge in [-0.05, 0) is 29.3 Å². The number of rotatable bonds is 4. The number of carbonyl (C=O) groups excluding carboxylic acids is 3. The molecule has 2 fully saturated rings. The fourth-order valence-electron chi connectivity index (χ4n) is 2.22. The summed E-state index contributed by atoms with van der Waals surface area (Å²) in [6.07, 6.45) is 1.07. The van der Waals surface area contributed by atoms with Crippen molar-refractivity contribution in [2.75, 3.05) is 18.1 Å². The predicted octanol–water partition coefficient (Wildman–Crippen LogP) is 1.38.